The molecule has 2 aromatic rings. The quantitative estimate of drug-likeness (QED) is 0.849. The molecule has 104 valence electrons. The lowest BCUT2D eigenvalue weighted by atomic mass is 10.0. The number of pyridine rings is 1. The molecule has 1 saturated heterocycles. The van der Waals surface area contributed by atoms with Crippen molar-refractivity contribution in [3.63, 3.8) is 0 Å². The summed E-state index contributed by atoms with van der Waals surface area (Å²) in [7, 11) is 1.71. The predicted molar refractivity (Wildman–Crippen MR) is 79.6 cm³/mol. The Balaban J connectivity index is 1.74. The average molecular weight is 268 g/mol. The van der Waals surface area contributed by atoms with Crippen LogP contribution < -0.4 is 4.74 Å². The van der Waals surface area contributed by atoms with Crippen molar-refractivity contribution in [2.24, 2.45) is 0 Å². The van der Waals surface area contributed by atoms with Gasteiger partial charge in [0.2, 0.25) is 0 Å². The van der Waals surface area contributed by atoms with Gasteiger partial charge in [0.05, 0.1) is 7.11 Å². The molecule has 3 heteroatoms. The summed E-state index contributed by atoms with van der Waals surface area (Å²) in [6.07, 6.45) is 6.24. The Labute approximate surface area is 120 Å². The lowest BCUT2D eigenvalue weighted by Gasteiger charge is -2.25. The van der Waals surface area contributed by atoms with Gasteiger partial charge in [-0.15, -0.1) is 0 Å². The van der Waals surface area contributed by atoms with Gasteiger partial charge < -0.3 is 4.74 Å². The summed E-state index contributed by atoms with van der Waals surface area (Å²) in [5.74, 6) is 0.924. The van der Waals surface area contributed by atoms with Crippen LogP contribution in [0.3, 0.4) is 0 Å². The largest absolute Gasteiger partial charge is 0.497 e. The van der Waals surface area contributed by atoms with E-state index in [1.807, 2.05) is 12.4 Å². The molecule has 0 spiro atoms. The number of hydrogen-bond acceptors (Lipinski definition) is 3. The van der Waals surface area contributed by atoms with Crippen molar-refractivity contribution in [3.05, 3.63) is 59.9 Å². The fraction of sp³-hybridized carbons (Fsp3) is 0.353. The van der Waals surface area contributed by atoms with E-state index in [4.69, 9.17) is 4.74 Å². The Kier molecular flexibility index (Phi) is 3.97. The standard InChI is InChI=1S/C17H20N2O/c1-20-16-6-4-15(5-7-16)17-3-2-12-19(17)13-14-8-10-18-11-9-14/h4-11,17H,2-3,12-13H2,1H3/t17-/m1/s1. The van der Waals surface area contributed by atoms with Gasteiger partial charge in [-0.1, -0.05) is 12.1 Å². The van der Waals surface area contributed by atoms with E-state index in [0.29, 0.717) is 6.04 Å². The van der Waals surface area contributed by atoms with Crippen molar-refractivity contribution < 1.29 is 4.74 Å². The summed E-state index contributed by atoms with van der Waals surface area (Å²) < 4.78 is 5.23. The van der Waals surface area contributed by atoms with Gasteiger partial charge >= 0.3 is 0 Å². The summed E-state index contributed by atoms with van der Waals surface area (Å²) in [4.78, 5) is 6.64. The fourth-order valence-electron chi connectivity index (χ4n) is 2.94. The Morgan fingerprint density at radius 3 is 2.60 bits per heavy atom. The van der Waals surface area contributed by atoms with Gasteiger partial charge in [0.1, 0.15) is 5.75 Å². The van der Waals surface area contributed by atoms with Crippen molar-refractivity contribution in [3.8, 4) is 5.75 Å². The van der Waals surface area contributed by atoms with Crippen LogP contribution in [0.15, 0.2) is 48.8 Å². The maximum absolute atomic E-state index is 5.23. The normalized spacial score (nSPS) is 19.1. The van der Waals surface area contributed by atoms with E-state index in [1.54, 1.807) is 7.11 Å². The summed E-state index contributed by atoms with van der Waals surface area (Å²) in [6, 6.07) is 13.2. The number of nitrogens with zero attached hydrogens (tertiary/aromatic N) is 2. The van der Waals surface area contributed by atoms with E-state index in [-0.39, 0.29) is 0 Å². The fourth-order valence-corrected chi connectivity index (χ4v) is 2.94. The topological polar surface area (TPSA) is 25.4 Å². The molecule has 0 unspecified atom stereocenters. The number of aromatic nitrogens is 1. The van der Waals surface area contributed by atoms with E-state index < -0.39 is 0 Å². The molecule has 1 aliphatic heterocycles. The van der Waals surface area contributed by atoms with Crippen molar-refractivity contribution in [1.29, 1.82) is 0 Å². The molecular weight excluding hydrogens is 248 g/mol. The summed E-state index contributed by atoms with van der Waals surface area (Å²) in [5.41, 5.74) is 2.72. The molecule has 3 nitrogen and oxygen atoms in total. The Morgan fingerprint density at radius 1 is 1.15 bits per heavy atom. The molecule has 2 heterocycles. The predicted octanol–water partition coefficient (Wildman–Crippen LogP) is 3.43. The zero-order chi connectivity index (χ0) is 13.8. The molecule has 0 saturated carbocycles. The maximum atomic E-state index is 5.23. The number of ether oxygens (including phenoxy) is 1. The molecular formula is C17H20N2O. The minimum atomic E-state index is 0.522. The first-order chi connectivity index (χ1) is 9.86. The van der Waals surface area contributed by atoms with Crippen LogP contribution in [-0.4, -0.2) is 23.5 Å². The smallest absolute Gasteiger partial charge is 0.118 e. The first-order valence-corrected chi connectivity index (χ1v) is 7.14. The third-order valence-electron chi connectivity index (χ3n) is 4.00. The summed E-state index contributed by atoms with van der Waals surface area (Å²) >= 11 is 0. The molecule has 1 aromatic carbocycles. The number of hydrogen-bond donors (Lipinski definition) is 0. The van der Waals surface area contributed by atoms with Gasteiger partial charge in [-0.3, -0.25) is 9.88 Å². The summed E-state index contributed by atoms with van der Waals surface area (Å²) in [5, 5.41) is 0. The van der Waals surface area contributed by atoms with E-state index in [1.165, 1.54) is 30.5 Å². The lowest BCUT2D eigenvalue weighted by molar-refractivity contribution is 0.248. The van der Waals surface area contributed by atoms with Crippen LogP contribution in [0.4, 0.5) is 0 Å². The molecule has 1 atom stereocenters. The monoisotopic (exact) mass is 268 g/mol. The minimum Gasteiger partial charge on any atom is -0.497 e. The molecule has 3 rings (SSSR count). The molecule has 1 aromatic heterocycles. The van der Waals surface area contributed by atoms with E-state index in [0.717, 1.165) is 12.3 Å². The zero-order valence-corrected chi connectivity index (χ0v) is 11.8. The number of benzene rings is 1. The van der Waals surface area contributed by atoms with Gasteiger partial charge in [0, 0.05) is 25.0 Å². The van der Waals surface area contributed by atoms with Gasteiger partial charge in [-0.05, 0) is 54.8 Å². The minimum absolute atomic E-state index is 0.522. The first kappa shape index (κ1) is 13.1. The Hall–Kier alpha value is -1.87. The van der Waals surface area contributed by atoms with Crippen LogP contribution in [-0.2, 0) is 6.54 Å². The van der Waals surface area contributed by atoms with Crippen LogP contribution in [0.2, 0.25) is 0 Å². The highest BCUT2D eigenvalue weighted by molar-refractivity contribution is 5.29. The first-order valence-electron chi connectivity index (χ1n) is 7.14. The second kappa shape index (κ2) is 6.06. The van der Waals surface area contributed by atoms with Crippen LogP contribution in [0.5, 0.6) is 5.75 Å². The zero-order valence-electron chi connectivity index (χ0n) is 11.8. The highest BCUT2D eigenvalue weighted by Crippen LogP contribution is 2.33. The Morgan fingerprint density at radius 2 is 1.90 bits per heavy atom. The molecule has 1 aliphatic rings. The van der Waals surface area contributed by atoms with Gasteiger partial charge in [0.25, 0.3) is 0 Å². The Bertz CT molecular complexity index is 539. The highest BCUT2D eigenvalue weighted by atomic mass is 16.5. The molecule has 0 radical (unpaired) electrons. The molecule has 0 amide bonds. The number of methoxy groups -OCH3 is 1. The van der Waals surface area contributed by atoms with Crippen molar-refractivity contribution in [2.75, 3.05) is 13.7 Å². The lowest BCUT2D eigenvalue weighted by Crippen LogP contribution is -2.22. The van der Waals surface area contributed by atoms with Gasteiger partial charge in [-0.2, -0.15) is 0 Å². The SMILES string of the molecule is COc1ccc([C@H]2CCCN2Cc2ccncc2)cc1. The second-order valence-electron chi connectivity index (χ2n) is 5.26. The average Bonchev–Trinajstić information content (AvgIpc) is 2.96. The van der Waals surface area contributed by atoms with Crippen molar-refractivity contribution >= 4 is 0 Å². The molecule has 0 aliphatic carbocycles. The number of likely N-dealkylation sites (tertiary alicyclic amines) is 1. The molecule has 0 bridgehead atoms. The van der Waals surface area contributed by atoms with Crippen LogP contribution in [0, 0.1) is 0 Å². The maximum Gasteiger partial charge on any atom is 0.118 e. The van der Waals surface area contributed by atoms with Crippen LogP contribution in [0.25, 0.3) is 0 Å². The molecule has 20 heavy (non-hydrogen) atoms. The summed E-state index contributed by atoms with van der Waals surface area (Å²) in [6.45, 7) is 2.16. The van der Waals surface area contributed by atoms with Gasteiger partial charge in [-0.25, -0.2) is 0 Å². The van der Waals surface area contributed by atoms with Gasteiger partial charge in [0.15, 0.2) is 0 Å². The molecule has 0 N–H and O–H groups in total. The third kappa shape index (κ3) is 2.83. The highest BCUT2D eigenvalue weighted by Gasteiger charge is 2.25. The van der Waals surface area contributed by atoms with Crippen LogP contribution >= 0.6 is 0 Å². The van der Waals surface area contributed by atoms with E-state index >= 15 is 0 Å². The number of rotatable bonds is 4. The van der Waals surface area contributed by atoms with Crippen molar-refractivity contribution in [1.82, 2.24) is 9.88 Å². The third-order valence-corrected chi connectivity index (χ3v) is 4.00. The second-order valence-corrected chi connectivity index (χ2v) is 5.26. The van der Waals surface area contributed by atoms with Crippen molar-refractivity contribution in [2.45, 2.75) is 25.4 Å². The van der Waals surface area contributed by atoms with E-state index in [9.17, 15) is 0 Å². The van der Waals surface area contributed by atoms with E-state index in [2.05, 4.69) is 46.3 Å². The van der Waals surface area contributed by atoms with Crippen LogP contribution in [0.1, 0.15) is 30.0 Å². The molecule has 1 fully saturated rings.